The van der Waals surface area contributed by atoms with Gasteiger partial charge in [0.15, 0.2) is 0 Å². The average Bonchev–Trinajstić information content (AvgIpc) is 2.66. The first-order chi connectivity index (χ1) is 12.6. The Kier molecular flexibility index (Phi) is 6.52. The SMILES string of the molecule is O=C(N/N=C\c1ccc(F)cc1)C1CCN(Cc2ccc(Br)cc2)CC1. The van der Waals surface area contributed by atoms with E-state index >= 15 is 0 Å². The van der Waals surface area contributed by atoms with Crippen molar-refractivity contribution in [3.05, 3.63) is 69.9 Å². The van der Waals surface area contributed by atoms with Crippen molar-refractivity contribution < 1.29 is 9.18 Å². The van der Waals surface area contributed by atoms with E-state index in [0.29, 0.717) is 0 Å². The predicted molar refractivity (Wildman–Crippen MR) is 104 cm³/mol. The van der Waals surface area contributed by atoms with Crippen molar-refractivity contribution in [2.24, 2.45) is 11.0 Å². The lowest BCUT2D eigenvalue weighted by molar-refractivity contribution is -0.126. The molecule has 0 radical (unpaired) electrons. The van der Waals surface area contributed by atoms with Gasteiger partial charge in [-0.05, 0) is 61.3 Å². The quantitative estimate of drug-likeness (QED) is 0.591. The Morgan fingerprint density at radius 2 is 1.81 bits per heavy atom. The van der Waals surface area contributed by atoms with Crippen LogP contribution in [0.3, 0.4) is 0 Å². The van der Waals surface area contributed by atoms with Crippen LogP contribution in [0.4, 0.5) is 4.39 Å². The molecule has 0 bridgehead atoms. The Balaban J connectivity index is 1.43. The number of nitrogens with one attached hydrogen (secondary N) is 1. The van der Waals surface area contributed by atoms with Gasteiger partial charge in [-0.3, -0.25) is 9.69 Å². The number of likely N-dealkylation sites (tertiary alicyclic amines) is 1. The van der Waals surface area contributed by atoms with Gasteiger partial charge in [-0.2, -0.15) is 5.10 Å². The van der Waals surface area contributed by atoms with E-state index in [-0.39, 0.29) is 17.6 Å². The molecule has 2 aromatic rings. The summed E-state index contributed by atoms with van der Waals surface area (Å²) in [5.41, 5.74) is 4.62. The highest BCUT2D eigenvalue weighted by Gasteiger charge is 2.24. The molecule has 136 valence electrons. The number of carbonyl (C=O) groups is 1. The average molecular weight is 418 g/mol. The number of benzene rings is 2. The minimum atomic E-state index is -0.291. The first kappa shape index (κ1) is 18.7. The van der Waals surface area contributed by atoms with Crippen LogP contribution in [-0.2, 0) is 11.3 Å². The van der Waals surface area contributed by atoms with Gasteiger partial charge in [0.05, 0.1) is 6.21 Å². The largest absolute Gasteiger partial charge is 0.299 e. The molecule has 0 atom stereocenters. The number of hydrogen-bond donors (Lipinski definition) is 1. The Morgan fingerprint density at radius 3 is 2.46 bits per heavy atom. The summed E-state index contributed by atoms with van der Waals surface area (Å²) in [5.74, 6) is -0.353. The van der Waals surface area contributed by atoms with Crippen molar-refractivity contribution in [3.8, 4) is 0 Å². The lowest BCUT2D eigenvalue weighted by Gasteiger charge is -2.30. The van der Waals surface area contributed by atoms with Crippen molar-refractivity contribution in [2.45, 2.75) is 19.4 Å². The second kappa shape index (κ2) is 9.05. The maximum atomic E-state index is 12.8. The third-order valence-corrected chi connectivity index (χ3v) is 5.06. The second-order valence-corrected chi connectivity index (χ2v) is 7.38. The third-order valence-electron chi connectivity index (χ3n) is 4.54. The lowest BCUT2D eigenvalue weighted by atomic mass is 9.96. The van der Waals surface area contributed by atoms with E-state index in [4.69, 9.17) is 0 Å². The highest BCUT2D eigenvalue weighted by molar-refractivity contribution is 9.10. The molecule has 26 heavy (non-hydrogen) atoms. The Morgan fingerprint density at radius 1 is 1.15 bits per heavy atom. The molecule has 1 amide bonds. The molecule has 1 fully saturated rings. The fourth-order valence-electron chi connectivity index (χ4n) is 3.01. The van der Waals surface area contributed by atoms with E-state index in [2.05, 4.69) is 55.6 Å². The first-order valence-electron chi connectivity index (χ1n) is 8.65. The highest BCUT2D eigenvalue weighted by atomic mass is 79.9. The van der Waals surface area contributed by atoms with Crippen LogP contribution in [0.1, 0.15) is 24.0 Å². The van der Waals surface area contributed by atoms with E-state index in [1.54, 1.807) is 12.1 Å². The van der Waals surface area contributed by atoms with Gasteiger partial charge in [0, 0.05) is 16.9 Å². The standard InChI is InChI=1S/C20H21BrFN3O/c21-18-5-1-16(2-6-18)14-25-11-9-17(10-12-25)20(26)24-23-13-15-3-7-19(22)8-4-15/h1-8,13,17H,9-12,14H2,(H,24,26)/b23-13-. The molecule has 0 aliphatic carbocycles. The van der Waals surface area contributed by atoms with Crippen LogP contribution >= 0.6 is 15.9 Å². The molecule has 0 spiro atoms. The van der Waals surface area contributed by atoms with E-state index in [1.165, 1.54) is 23.9 Å². The molecule has 6 heteroatoms. The summed E-state index contributed by atoms with van der Waals surface area (Å²) < 4.78 is 13.9. The predicted octanol–water partition coefficient (Wildman–Crippen LogP) is 3.95. The fourth-order valence-corrected chi connectivity index (χ4v) is 3.28. The van der Waals surface area contributed by atoms with Crippen molar-refractivity contribution >= 4 is 28.1 Å². The minimum Gasteiger partial charge on any atom is -0.299 e. The third kappa shape index (κ3) is 5.47. The maximum absolute atomic E-state index is 12.8. The second-order valence-electron chi connectivity index (χ2n) is 6.46. The summed E-state index contributed by atoms with van der Waals surface area (Å²) in [6.07, 6.45) is 3.18. The van der Waals surface area contributed by atoms with Gasteiger partial charge in [0.2, 0.25) is 5.91 Å². The monoisotopic (exact) mass is 417 g/mol. The number of hydrazone groups is 1. The van der Waals surface area contributed by atoms with Gasteiger partial charge < -0.3 is 0 Å². The van der Waals surface area contributed by atoms with Gasteiger partial charge in [0.25, 0.3) is 0 Å². The number of piperidine rings is 1. The molecule has 3 rings (SSSR count). The van der Waals surface area contributed by atoms with Gasteiger partial charge in [-0.15, -0.1) is 0 Å². The molecule has 4 nitrogen and oxygen atoms in total. The summed E-state index contributed by atoms with van der Waals surface area (Å²) in [5, 5.41) is 3.98. The van der Waals surface area contributed by atoms with Crippen molar-refractivity contribution in [1.82, 2.24) is 10.3 Å². The molecule has 0 unspecified atom stereocenters. The Labute approximate surface area is 161 Å². The van der Waals surface area contributed by atoms with Crippen LogP contribution in [0.25, 0.3) is 0 Å². The molecule has 1 aliphatic rings. The number of amides is 1. The molecule has 0 saturated carbocycles. The van der Waals surface area contributed by atoms with Crippen LogP contribution in [0.5, 0.6) is 0 Å². The molecule has 1 heterocycles. The Bertz CT molecular complexity index is 754. The number of halogens is 2. The number of carbonyl (C=O) groups excluding carboxylic acids is 1. The molecule has 0 aromatic heterocycles. The zero-order chi connectivity index (χ0) is 18.4. The summed E-state index contributed by atoms with van der Waals surface area (Å²) in [6.45, 7) is 2.70. The lowest BCUT2D eigenvalue weighted by Crippen LogP contribution is -2.39. The first-order valence-corrected chi connectivity index (χ1v) is 9.45. The Hall–Kier alpha value is -2.05. The smallest absolute Gasteiger partial charge is 0.243 e. The normalized spacial score (nSPS) is 16.1. The van der Waals surface area contributed by atoms with E-state index in [1.807, 2.05) is 0 Å². The van der Waals surface area contributed by atoms with Crippen LogP contribution in [0, 0.1) is 11.7 Å². The summed E-state index contributed by atoms with van der Waals surface area (Å²) >= 11 is 3.45. The van der Waals surface area contributed by atoms with Gasteiger partial charge >= 0.3 is 0 Å². The number of nitrogens with zero attached hydrogens (tertiary/aromatic N) is 2. The molecule has 2 aromatic carbocycles. The number of hydrogen-bond acceptors (Lipinski definition) is 3. The molecule has 1 aliphatic heterocycles. The topological polar surface area (TPSA) is 44.7 Å². The van der Waals surface area contributed by atoms with E-state index in [0.717, 1.165) is 42.5 Å². The van der Waals surface area contributed by atoms with Crippen LogP contribution in [-0.4, -0.2) is 30.1 Å². The summed E-state index contributed by atoms with van der Waals surface area (Å²) in [4.78, 5) is 14.6. The molecular formula is C20H21BrFN3O. The fraction of sp³-hybridized carbons (Fsp3) is 0.300. The molecular weight excluding hydrogens is 397 g/mol. The van der Waals surface area contributed by atoms with E-state index in [9.17, 15) is 9.18 Å². The van der Waals surface area contributed by atoms with Crippen molar-refractivity contribution in [1.29, 1.82) is 0 Å². The van der Waals surface area contributed by atoms with Crippen molar-refractivity contribution in [2.75, 3.05) is 13.1 Å². The minimum absolute atomic E-state index is 0.0125. The van der Waals surface area contributed by atoms with Gasteiger partial charge in [-0.1, -0.05) is 40.2 Å². The van der Waals surface area contributed by atoms with Crippen molar-refractivity contribution in [3.63, 3.8) is 0 Å². The zero-order valence-electron chi connectivity index (χ0n) is 14.4. The van der Waals surface area contributed by atoms with Crippen LogP contribution in [0.15, 0.2) is 58.1 Å². The van der Waals surface area contributed by atoms with Gasteiger partial charge in [0.1, 0.15) is 5.82 Å². The zero-order valence-corrected chi connectivity index (χ0v) is 16.0. The van der Waals surface area contributed by atoms with Crippen LogP contribution in [0.2, 0.25) is 0 Å². The molecule has 1 N–H and O–H groups in total. The number of rotatable bonds is 5. The maximum Gasteiger partial charge on any atom is 0.243 e. The highest BCUT2D eigenvalue weighted by Crippen LogP contribution is 2.20. The van der Waals surface area contributed by atoms with E-state index < -0.39 is 0 Å². The molecule has 1 saturated heterocycles. The van der Waals surface area contributed by atoms with Gasteiger partial charge in [-0.25, -0.2) is 9.82 Å². The van der Waals surface area contributed by atoms with Crippen LogP contribution < -0.4 is 5.43 Å². The summed E-state index contributed by atoms with van der Waals surface area (Å²) in [7, 11) is 0. The summed E-state index contributed by atoms with van der Waals surface area (Å²) in [6, 6.07) is 14.3.